The summed E-state index contributed by atoms with van der Waals surface area (Å²) >= 11 is 0. The van der Waals surface area contributed by atoms with Crippen molar-refractivity contribution in [2.24, 2.45) is 5.92 Å². The van der Waals surface area contributed by atoms with Crippen LogP contribution >= 0.6 is 0 Å². The first-order valence-electron chi connectivity index (χ1n) is 10.8. The maximum absolute atomic E-state index is 13.9. The molecule has 1 aromatic rings. The van der Waals surface area contributed by atoms with Gasteiger partial charge in [-0.25, -0.2) is 14.0 Å². The molecule has 0 saturated carbocycles. The second-order valence-corrected chi connectivity index (χ2v) is 7.83. The number of urea groups is 1. The number of amides is 3. The van der Waals surface area contributed by atoms with E-state index in [4.69, 9.17) is 4.74 Å². The van der Waals surface area contributed by atoms with Crippen LogP contribution in [-0.4, -0.2) is 67.6 Å². The Balaban J connectivity index is 2.05. The Bertz CT molecular complexity index is 720. The molecule has 0 spiro atoms. The number of carbonyl (C=O) groups is 2. The van der Waals surface area contributed by atoms with E-state index in [1.165, 1.54) is 19.2 Å². The number of rotatable bonds is 9. The molecule has 31 heavy (non-hydrogen) atoms. The molecule has 3 N–H and O–H groups in total. The van der Waals surface area contributed by atoms with Crippen LogP contribution in [0, 0.1) is 11.7 Å². The lowest BCUT2D eigenvalue weighted by atomic mass is 9.88. The highest BCUT2D eigenvalue weighted by Gasteiger charge is 2.32. The molecule has 174 valence electrons. The molecule has 0 aromatic heterocycles. The van der Waals surface area contributed by atoms with Gasteiger partial charge in [0.05, 0.1) is 32.0 Å². The Morgan fingerprint density at radius 2 is 2.16 bits per heavy atom. The highest BCUT2D eigenvalue weighted by molar-refractivity contribution is 5.74. The van der Waals surface area contributed by atoms with Gasteiger partial charge in [-0.2, -0.15) is 0 Å². The maximum Gasteiger partial charge on any atom is 0.406 e. The third kappa shape index (κ3) is 7.66. The normalized spacial score (nSPS) is 19.3. The SMILES string of the molecule is CC[C@@H](O)[C@H](C)NC(=O)N1CCC[C@@H]([C@@H](OCCNC(=O)OC)c2cccc(F)c2)C1. The largest absolute Gasteiger partial charge is 0.453 e. The molecule has 1 heterocycles. The number of aliphatic hydroxyl groups is 1. The number of methoxy groups -OCH3 is 1. The number of halogens is 1. The van der Waals surface area contributed by atoms with Gasteiger partial charge < -0.3 is 30.1 Å². The van der Waals surface area contributed by atoms with E-state index < -0.39 is 18.3 Å². The number of aliphatic hydroxyl groups excluding tert-OH is 1. The fraction of sp³-hybridized carbons (Fsp3) is 0.636. The second kappa shape index (κ2) is 12.5. The molecule has 0 radical (unpaired) electrons. The van der Waals surface area contributed by atoms with Crippen molar-refractivity contribution in [1.82, 2.24) is 15.5 Å². The van der Waals surface area contributed by atoms with E-state index in [0.29, 0.717) is 25.1 Å². The molecule has 1 aromatic carbocycles. The molecule has 2 rings (SSSR count). The summed E-state index contributed by atoms with van der Waals surface area (Å²) in [6.07, 6.45) is 0.592. The van der Waals surface area contributed by atoms with E-state index in [2.05, 4.69) is 15.4 Å². The molecule has 1 saturated heterocycles. The van der Waals surface area contributed by atoms with Crippen molar-refractivity contribution in [3.63, 3.8) is 0 Å². The second-order valence-electron chi connectivity index (χ2n) is 7.83. The average molecular weight is 440 g/mol. The van der Waals surface area contributed by atoms with Gasteiger partial charge in [-0.1, -0.05) is 19.1 Å². The number of hydrogen-bond acceptors (Lipinski definition) is 5. The molecule has 8 nitrogen and oxygen atoms in total. The number of carbonyl (C=O) groups excluding carboxylic acids is 2. The summed E-state index contributed by atoms with van der Waals surface area (Å²) in [6, 6.07) is 5.68. The van der Waals surface area contributed by atoms with Crippen molar-refractivity contribution in [1.29, 1.82) is 0 Å². The van der Waals surface area contributed by atoms with Crippen molar-refractivity contribution in [3.8, 4) is 0 Å². The zero-order valence-corrected chi connectivity index (χ0v) is 18.5. The Hall–Kier alpha value is -2.39. The van der Waals surface area contributed by atoms with Crippen molar-refractivity contribution < 1.29 is 28.6 Å². The van der Waals surface area contributed by atoms with Crippen LogP contribution in [0.3, 0.4) is 0 Å². The van der Waals surface area contributed by atoms with Crippen LogP contribution < -0.4 is 10.6 Å². The number of nitrogens with one attached hydrogen (secondary N) is 2. The van der Waals surface area contributed by atoms with E-state index >= 15 is 0 Å². The van der Waals surface area contributed by atoms with Crippen LogP contribution in [0.25, 0.3) is 0 Å². The minimum atomic E-state index is -0.602. The van der Waals surface area contributed by atoms with Crippen molar-refractivity contribution in [3.05, 3.63) is 35.6 Å². The fourth-order valence-corrected chi connectivity index (χ4v) is 3.78. The van der Waals surface area contributed by atoms with Gasteiger partial charge in [0, 0.05) is 25.6 Å². The third-order valence-electron chi connectivity index (χ3n) is 5.55. The van der Waals surface area contributed by atoms with Gasteiger partial charge in [-0.05, 0) is 43.9 Å². The predicted molar refractivity (Wildman–Crippen MR) is 114 cm³/mol. The molecule has 9 heteroatoms. The molecule has 1 aliphatic rings. The molecular formula is C22H34FN3O5. The number of alkyl carbamates (subject to hydrolysis) is 1. The lowest BCUT2D eigenvalue weighted by molar-refractivity contribution is -0.00904. The number of benzene rings is 1. The van der Waals surface area contributed by atoms with Gasteiger partial charge in [-0.3, -0.25) is 0 Å². The van der Waals surface area contributed by atoms with E-state index in [-0.39, 0.29) is 37.0 Å². The highest BCUT2D eigenvalue weighted by Crippen LogP contribution is 2.33. The molecule has 4 atom stereocenters. The van der Waals surface area contributed by atoms with Crippen LogP contribution in [0.5, 0.6) is 0 Å². The number of nitrogens with zero attached hydrogens (tertiary/aromatic N) is 1. The average Bonchev–Trinajstić information content (AvgIpc) is 2.78. The zero-order valence-electron chi connectivity index (χ0n) is 18.5. The number of piperidine rings is 1. The summed E-state index contributed by atoms with van der Waals surface area (Å²) in [5.41, 5.74) is 0.695. The summed E-state index contributed by atoms with van der Waals surface area (Å²) in [5, 5.41) is 15.4. The molecule has 0 unspecified atom stereocenters. The Morgan fingerprint density at radius 3 is 2.84 bits per heavy atom. The lowest BCUT2D eigenvalue weighted by Gasteiger charge is -2.37. The topological polar surface area (TPSA) is 100 Å². The first kappa shape index (κ1) is 24.9. The molecule has 0 bridgehead atoms. The number of hydrogen-bond donors (Lipinski definition) is 3. The molecule has 0 aliphatic carbocycles. The Kier molecular flexibility index (Phi) is 10.00. The molecule has 3 amide bonds. The van der Waals surface area contributed by atoms with Crippen molar-refractivity contribution >= 4 is 12.1 Å². The number of ether oxygens (including phenoxy) is 2. The minimum absolute atomic E-state index is 0.0363. The van der Waals surface area contributed by atoms with Gasteiger partial charge in [-0.15, -0.1) is 0 Å². The summed E-state index contributed by atoms with van der Waals surface area (Å²) in [5.74, 6) is -0.391. The van der Waals surface area contributed by atoms with Crippen molar-refractivity contribution in [2.45, 2.75) is 51.4 Å². The molecule has 1 fully saturated rings. The quantitative estimate of drug-likeness (QED) is 0.514. The number of likely N-dealkylation sites (tertiary alicyclic amines) is 1. The summed E-state index contributed by atoms with van der Waals surface area (Å²) < 4.78 is 24.5. The minimum Gasteiger partial charge on any atom is -0.453 e. The summed E-state index contributed by atoms with van der Waals surface area (Å²) in [7, 11) is 1.29. The third-order valence-corrected chi connectivity index (χ3v) is 5.55. The molecule has 1 aliphatic heterocycles. The predicted octanol–water partition coefficient (Wildman–Crippen LogP) is 2.82. The fourth-order valence-electron chi connectivity index (χ4n) is 3.78. The van der Waals surface area contributed by atoms with E-state index in [9.17, 15) is 19.1 Å². The van der Waals surface area contributed by atoms with Gasteiger partial charge in [0.25, 0.3) is 0 Å². The van der Waals surface area contributed by atoms with Crippen LogP contribution in [-0.2, 0) is 9.47 Å². The Labute approximate surface area is 183 Å². The van der Waals surface area contributed by atoms with Gasteiger partial charge in [0.15, 0.2) is 0 Å². The van der Waals surface area contributed by atoms with Crippen LogP contribution in [0.2, 0.25) is 0 Å². The maximum atomic E-state index is 13.9. The van der Waals surface area contributed by atoms with E-state index in [1.807, 2.05) is 6.92 Å². The summed E-state index contributed by atoms with van der Waals surface area (Å²) in [6.45, 7) is 5.17. The monoisotopic (exact) mass is 439 g/mol. The highest BCUT2D eigenvalue weighted by atomic mass is 19.1. The Morgan fingerprint density at radius 1 is 1.39 bits per heavy atom. The van der Waals surface area contributed by atoms with Gasteiger partial charge in [0.2, 0.25) is 0 Å². The summed E-state index contributed by atoms with van der Waals surface area (Å²) in [4.78, 5) is 25.7. The first-order valence-corrected chi connectivity index (χ1v) is 10.8. The van der Waals surface area contributed by atoms with E-state index in [0.717, 1.165) is 12.8 Å². The van der Waals surface area contributed by atoms with E-state index in [1.54, 1.807) is 24.0 Å². The standard InChI is InChI=1S/C22H34FN3O5/c1-4-19(27)15(2)25-21(28)26-11-6-8-17(14-26)20(16-7-5-9-18(23)13-16)31-12-10-24-22(29)30-3/h5,7,9,13,15,17,19-20,27H,4,6,8,10-12,14H2,1-3H3,(H,24,29)(H,25,28)/t15-,17+,19+,20-/m0/s1. The van der Waals surface area contributed by atoms with Crippen LogP contribution in [0.1, 0.15) is 44.8 Å². The van der Waals surface area contributed by atoms with Gasteiger partial charge in [0.1, 0.15) is 5.82 Å². The van der Waals surface area contributed by atoms with Crippen LogP contribution in [0.4, 0.5) is 14.0 Å². The van der Waals surface area contributed by atoms with Crippen molar-refractivity contribution in [2.75, 3.05) is 33.4 Å². The molecular weight excluding hydrogens is 405 g/mol. The smallest absolute Gasteiger partial charge is 0.406 e. The lowest BCUT2D eigenvalue weighted by Crippen LogP contribution is -2.51. The first-order chi connectivity index (χ1) is 14.8. The van der Waals surface area contributed by atoms with Crippen LogP contribution in [0.15, 0.2) is 24.3 Å². The zero-order chi connectivity index (χ0) is 22.8. The van der Waals surface area contributed by atoms with Gasteiger partial charge >= 0.3 is 12.1 Å².